The summed E-state index contributed by atoms with van der Waals surface area (Å²) in [6, 6.07) is 10.2. The van der Waals surface area contributed by atoms with Crippen molar-refractivity contribution < 1.29 is 4.74 Å². The molecule has 0 spiro atoms. The maximum Gasteiger partial charge on any atom is 0.104 e. The minimum atomic E-state index is 0.234. The second kappa shape index (κ2) is 4.42. The summed E-state index contributed by atoms with van der Waals surface area (Å²) in [6.45, 7) is 2.04. The van der Waals surface area contributed by atoms with Gasteiger partial charge in [-0.05, 0) is 19.1 Å². The zero-order valence-corrected chi connectivity index (χ0v) is 7.60. The van der Waals surface area contributed by atoms with Gasteiger partial charge >= 0.3 is 0 Å². The lowest BCUT2D eigenvalue weighted by Gasteiger charge is -2.07. The molecule has 0 heterocycles. The van der Waals surface area contributed by atoms with Crippen molar-refractivity contribution >= 4 is 11.8 Å². The summed E-state index contributed by atoms with van der Waals surface area (Å²) in [6.07, 6.45) is 0. The van der Waals surface area contributed by atoms with Gasteiger partial charge in [0.25, 0.3) is 0 Å². The lowest BCUT2D eigenvalue weighted by molar-refractivity contribution is 0.188. The first-order valence-corrected chi connectivity index (χ1v) is 4.45. The van der Waals surface area contributed by atoms with Crippen LogP contribution < -0.4 is 0 Å². The van der Waals surface area contributed by atoms with Crippen molar-refractivity contribution in [1.82, 2.24) is 0 Å². The monoisotopic (exact) mass is 168 g/mol. The number of hydrogen-bond acceptors (Lipinski definition) is 2. The van der Waals surface area contributed by atoms with E-state index in [4.69, 9.17) is 4.74 Å². The fourth-order valence-corrected chi connectivity index (χ4v) is 1.53. The van der Waals surface area contributed by atoms with Gasteiger partial charge in [0.15, 0.2) is 0 Å². The smallest absolute Gasteiger partial charge is 0.104 e. The van der Waals surface area contributed by atoms with Gasteiger partial charge in [0.2, 0.25) is 0 Å². The van der Waals surface area contributed by atoms with Gasteiger partial charge < -0.3 is 4.74 Å². The van der Waals surface area contributed by atoms with Crippen LogP contribution in [-0.4, -0.2) is 12.5 Å². The lowest BCUT2D eigenvalue weighted by atomic mass is 10.4. The topological polar surface area (TPSA) is 9.23 Å². The fourth-order valence-electron chi connectivity index (χ4n) is 0.739. The van der Waals surface area contributed by atoms with Crippen LogP contribution in [0.1, 0.15) is 6.92 Å². The van der Waals surface area contributed by atoms with Crippen LogP contribution in [0.4, 0.5) is 0 Å². The van der Waals surface area contributed by atoms with Crippen LogP contribution in [0.3, 0.4) is 0 Å². The molecule has 0 aliphatic carbocycles. The second-order valence-electron chi connectivity index (χ2n) is 2.23. The quantitative estimate of drug-likeness (QED) is 0.507. The summed E-state index contributed by atoms with van der Waals surface area (Å²) in [7, 11) is 1.72. The summed E-state index contributed by atoms with van der Waals surface area (Å²) in [5.74, 6) is 0. The van der Waals surface area contributed by atoms with E-state index in [2.05, 4.69) is 12.1 Å². The first-order valence-electron chi connectivity index (χ1n) is 3.57. The Bertz CT molecular complexity index is 198. The molecule has 1 rings (SSSR count). The summed E-state index contributed by atoms with van der Waals surface area (Å²) in [5, 5.41) is 0. The molecule has 0 amide bonds. The molecule has 1 aromatic rings. The van der Waals surface area contributed by atoms with E-state index in [9.17, 15) is 0 Å². The van der Waals surface area contributed by atoms with Gasteiger partial charge in [-0.15, -0.1) is 0 Å². The molecular formula is C9H12OS. The Balaban J connectivity index is 2.51. The first-order chi connectivity index (χ1) is 5.33. The van der Waals surface area contributed by atoms with Gasteiger partial charge in [-0.1, -0.05) is 30.0 Å². The minimum absolute atomic E-state index is 0.234. The van der Waals surface area contributed by atoms with E-state index in [0.717, 1.165) is 0 Å². The van der Waals surface area contributed by atoms with E-state index in [0.29, 0.717) is 0 Å². The second-order valence-corrected chi connectivity index (χ2v) is 3.61. The van der Waals surface area contributed by atoms with E-state index in [1.165, 1.54) is 4.90 Å². The molecular weight excluding hydrogens is 156 g/mol. The lowest BCUT2D eigenvalue weighted by Crippen LogP contribution is -1.96. The van der Waals surface area contributed by atoms with Gasteiger partial charge in [0.05, 0.1) is 0 Å². The van der Waals surface area contributed by atoms with Crippen LogP contribution in [0.2, 0.25) is 0 Å². The predicted octanol–water partition coefficient (Wildman–Crippen LogP) is 2.77. The van der Waals surface area contributed by atoms with Crippen LogP contribution in [0.25, 0.3) is 0 Å². The van der Waals surface area contributed by atoms with Crippen molar-refractivity contribution in [2.24, 2.45) is 0 Å². The molecule has 0 aromatic heterocycles. The molecule has 0 fully saturated rings. The molecule has 0 aliphatic rings. The van der Waals surface area contributed by atoms with Crippen LogP contribution in [0.15, 0.2) is 35.2 Å². The van der Waals surface area contributed by atoms with Gasteiger partial charge in [0.1, 0.15) is 5.44 Å². The molecule has 1 nitrogen and oxygen atoms in total. The normalized spacial score (nSPS) is 12.9. The predicted molar refractivity (Wildman–Crippen MR) is 48.8 cm³/mol. The van der Waals surface area contributed by atoms with Gasteiger partial charge in [-0.2, -0.15) is 0 Å². The van der Waals surface area contributed by atoms with E-state index in [1.807, 2.05) is 25.1 Å². The van der Waals surface area contributed by atoms with Crippen LogP contribution in [-0.2, 0) is 4.74 Å². The Labute approximate surface area is 71.8 Å². The third kappa shape index (κ3) is 2.95. The van der Waals surface area contributed by atoms with Gasteiger partial charge in [-0.25, -0.2) is 0 Å². The molecule has 2 heteroatoms. The number of methoxy groups -OCH3 is 1. The summed E-state index contributed by atoms with van der Waals surface area (Å²) >= 11 is 1.72. The van der Waals surface area contributed by atoms with Crippen LogP contribution >= 0.6 is 11.8 Å². The zero-order valence-electron chi connectivity index (χ0n) is 6.78. The first kappa shape index (κ1) is 8.62. The van der Waals surface area contributed by atoms with E-state index < -0.39 is 0 Å². The zero-order chi connectivity index (χ0) is 8.10. The Kier molecular flexibility index (Phi) is 3.46. The molecule has 0 bridgehead atoms. The van der Waals surface area contributed by atoms with Crippen molar-refractivity contribution in [2.75, 3.05) is 7.11 Å². The van der Waals surface area contributed by atoms with Crippen molar-refractivity contribution in [3.63, 3.8) is 0 Å². The highest BCUT2D eigenvalue weighted by Gasteiger charge is 1.99. The molecule has 60 valence electrons. The average Bonchev–Trinajstić information content (AvgIpc) is 2.06. The molecule has 0 radical (unpaired) electrons. The van der Waals surface area contributed by atoms with Crippen LogP contribution in [0, 0.1) is 0 Å². The highest BCUT2D eigenvalue weighted by atomic mass is 32.2. The van der Waals surface area contributed by atoms with Crippen molar-refractivity contribution in [3.05, 3.63) is 30.3 Å². The maximum absolute atomic E-state index is 5.12. The Morgan fingerprint density at radius 3 is 2.45 bits per heavy atom. The molecule has 1 unspecified atom stereocenters. The fraction of sp³-hybridized carbons (Fsp3) is 0.333. The Hall–Kier alpha value is -0.470. The highest BCUT2D eigenvalue weighted by Crippen LogP contribution is 2.22. The Morgan fingerprint density at radius 1 is 1.27 bits per heavy atom. The molecule has 1 aromatic carbocycles. The van der Waals surface area contributed by atoms with E-state index >= 15 is 0 Å². The molecule has 0 aliphatic heterocycles. The summed E-state index contributed by atoms with van der Waals surface area (Å²) < 4.78 is 5.12. The third-order valence-electron chi connectivity index (χ3n) is 1.38. The number of benzene rings is 1. The summed E-state index contributed by atoms with van der Waals surface area (Å²) in [5.41, 5.74) is 0.234. The molecule has 11 heavy (non-hydrogen) atoms. The van der Waals surface area contributed by atoms with Crippen molar-refractivity contribution in [2.45, 2.75) is 17.3 Å². The standard InChI is InChI=1S/C9H12OS/c1-8(10-2)11-9-6-4-3-5-7-9/h3-8H,1-2H3. The van der Waals surface area contributed by atoms with Gasteiger partial charge in [0, 0.05) is 12.0 Å². The minimum Gasteiger partial charge on any atom is -0.371 e. The SMILES string of the molecule is COC(C)Sc1ccccc1. The largest absolute Gasteiger partial charge is 0.371 e. The third-order valence-corrected chi connectivity index (χ3v) is 2.45. The number of hydrogen-bond donors (Lipinski definition) is 0. The Morgan fingerprint density at radius 2 is 1.91 bits per heavy atom. The van der Waals surface area contributed by atoms with Crippen LogP contribution in [0.5, 0.6) is 0 Å². The highest BCUT2D eigenvalue weighted by molar-refractivity contribution is 7.99. The number of ether oxygens (including phenoxy) is 1. The molecule has 0 saturated carbocycles. The summed E-state index contributed by atoms with van der Waals surface area (Å²) in [4.78, 5) is 1.25. The number of rotatable bonds is 3. The van der Waals surface area contributed by atoms with Crippen molar-refractivity contribution in [1.29, 1.82) is 0 Å². The molecule has 0 N–H and O–H groups in total. The van der Waals surface area contributed by atoms with E-state index in [1.54, 1.807) is 18.9 Å². The average molecular weight is 168 g/mol. The molecule has 1 atom stereocenters. The number of thioether (sulfide) groups is 1. The van der Waals surface area contributed by atoms with Gasteiger partial charge in [-0.3, -0.25) is 0 Å². The van der Waals surface area contributed by atoms with Crippen molar-refractivity contribution in [3.8, 4) is 0 Å². The molecule has 0 saturated heterocycles. The van der Waals surface area contributed by atoms with E-state index in [-0.39, 0.29) is 5.44 Å². The maximum atomic E-state index is 5.12.